The van der Waals surface area contributed by atoms with E-state index in [9.17, 15) is 56.9 Å². The van der Waals surface area contributed by atoms with E-state index in [4.69, 9.17) is 24.2 Å². The van der Waals surface area contributed by atoms with E-state index in [0.29, 0.717) is 25.4 Å². The van der Waals surface area contributed by atoms with Gasteiger partial charge in [0.2, 0.25) is 0 Å². The summed E-state index contributed by atoms with van der Waals surface area (Å²) in [4.78, 5) is 87.5. The fourth-order valence-electron chi connectivity index (χ4n) is 5.25. The summed E-state index contributed by atoms with van der Waals surface area (Å²) >= 11 is 0.820. The van der Waals surface area contributed by atoms with E-state index in [1.807, 2.05) is 186 Å². The van der Waals surface area contributed by atoms with Gasteiger partial charge in [0.1, 0.15) is 11.5 Å². The van der Waals surface area contributed by atoms with E-state index < -0.39 is 40.8 Å². The lowest BCUT2D eigenvalue weighted by molar-refractivity contribution is -0.141. The van der Waals surface area contributed by atoms with Crippen molar-refractivity contribution in [3.05, 3.63) is 125 Å². The fourth-order valence-corrected chi connectivity index (χ4v) is 5.77. The molecule has 2 aromatic rings. The van der Waals surface area contributed by atoms with E-state index in [2.05, 4.69) is 44.7 Å². The lowest BCUT2D eigenvalue weighted by Crippen LogP contribution is -2.40. The summed E-state index contributed by atoms with van der Waals surface area (Å²) in [5, 5.41) is 30.8. The number of nitrogens with one attached hydrogen (secondary N) is 1. The van der Waals surface area contributed by atoms with Gasteiger partial charge in [0, 0.05) is 51.7 Å². The second-order valence-corrected chi connectivity index (χ2v) is 31.7. The standard InChI is InChI=1S/C10H18O3.2C9H16O3.C9H16O.C8H11FN2OS.C8H11FN2.C8H13FO.C8H13NO.C8H14O/c1-6-13-9(12)7(2)8(11)10(3,4)5;1-9(2,3)12-7-5-6-8(10)11-4;1-5-11-9(10)8(4)6-12-7(2)3;1-7(2)6-8(10)9(3,4)5;1-8(2,3)11-6(12)5-4-13-7(9)10-5;1-8(2,3)6-4-10-7(9)11-5-6;1-6(9)5-7(10)8(2,3)4;1-6(5-9)7(10)8(2,3)4;1-5-6-7(9)8(2,3)4/h8,11H,2,6H2,1,3-5H3;5-6H,7H2,1-4H3;7H,4-6H2,1-3H3;6H,1-5H3;4H,1-3H3,(H,11,12);4-5H,1-3H3;5H,1-4H3;7,10H,1H2,2-4H3;5-6H,1-4H3/b;6-5+;;;;;6-5-;;6-5+. The highest BCUT2D eigenvalue weighted by molar-refractivity contribution is 7.08. The van der Waals surface area contributed by atoms with Crippen LogP contribution in [0.15, 0.2) is 102 Å². The third kappa shape index (κ3) is 64.3. The third-order valence-electron chi connectivity index (χ3n) is 11.2. The van der Waals surface area contributed by atoms with Gasteiger partial charge < -0.3 is 39.2 Å². The molecule has 0 radical (unpaired) electrons. The predicted molar refractivity (Wildman–Crippen MR) is 398 cm³/mol. The average molecular weight is 1440 g/mol. The van der Waals surface area contributed by atoms with E-state index >= 15 is 0 Å². The van der Waals surface area contributed by atoms with Gasteiger partial charge in [0.15, 0.2) is 17.3 Å². The highest BCUT2D eigenvalue weighted by Gasteiger charge is 2.29. The van der Waals surface area contributed by atoms with E-state index in [1.165, 1.54) is 37.9 Å². The van der Waals surface area contributed by atoms with Crippen LogP contribution in [0.2, 0.25) is 0 Å². The van der Waals surface area contributed by atoms with Crippen molar-refractivity contribution in [1.82, 2.24) is 20.3 Å². The molecule has 0 fully saturated rings. The van der Waals surface area contributed by atoms with Crippen LogP contribution >= 0.6 is 11.3 Å². The Morgan fingerprint density at radius 1 is 0.680 bits per heavy atom. The molecule has 0 aromatic carbocycles. The van der Waals surface area contributed by atoms with E-state index in [1.54, 1.807) is 58.9 Å². The number of aliphatic hydroxyl groups is 2. The lowest BCUT2D eigenvalue weighted by atomic mass is 9.85. The third-order valence-corrected chi connectivity index (χ3v) is 11.8. The number of ketones is 3. The molecule has 0 saturated carbocycles. The van der Waals surface area contributed by atoms with Crippen molar-refractivity contribution in [3.8, 4) is 6.07 Å². The van der Waals surface area contributed by atoms with Crippen LogP contribution in [-0.2, 0) is 57.9 Å². The van der Waals surface area contributed by atoms with Crippen molar-refractivity contribution in [2.45, 2.75) is 256 Å². The molecule has 0 aliphatic rings. The first kappa shape index (κ1) is 106. The number of methoxy groups -OCH3 is 1. The van der Waals surface area contributed by atoms with Crippen LogP contribution in [-0.4, -0.2) is 129 Å². The van der Waals surface area contributed by atoms with Gasteiger partial charge in [-0.05, 0) is 131 Å². The summed E-state index contributed by atoms with van der Waals surface area (Å²) in [6.07, 6.45) is 9.99. The quantitative estimate of drug-likeness (QED) is 0.0463. The van der Waals surface area contributed by atoms with Gasteiger partial charge in [0.25, 0.3) is 11.2 Å². The summed E-state index contributed by atoms with van der Waals surface area (Å²) < 4.78 is 61.2. The van der Waals surface area contributed by atoms with Gasteiger partial charge in [-0.2, -0.15) is 14.0 Å². The van der Waals surface area contributed by atoms with Gasteiger partial charge in [-0.25, -0.2) is 33.7 Å². The van der Waals surface area contributed by atoms with Gasteiger partial charge in [-0.15, -0.1) is 0 Å². The van der Waals surface area contributed by atoms with Crippen LogP contribution in [0.5, 0.6) is 0 Å². The molecule has 2 rings (SSSR count). The second kappa shape index (κ2) is 51.1. The zero-order valence-electron chi connectivity index (χ0n) is 67.0. The molecule has 3 N–H and O–H groups in total. The molecule has 0 saturated heterocycles. The Morgan fingerprint density at radius 2 is 1.11 bits per heavy atom. The smallest absolute Gasteiger partial charge is 0.336 e. The van der Waals surface area contributed by atoms with Crippen molar-refractivity contribution in [3.63, 3.8) is 0 Å². The summed E-state index contributed by atoms with van der Waals surface area (Å²) in [5.41, 5.74) is 0.794. The number of nitriles is 1. The number of hydrogen-bond donors (Lipinski definition) is 3. The van der Waals surface area contributed by atoms with E-state index in [-0.39, 0.29) is 103 Å². The van der Waals surface area contributed by atoms with Crippen LogP contribution in [0.1, 0.15) is 238 Å². The van der Waals surface area contributed by atoms with Gasteiger partial charge in [-0.3, -0.25) is 19.2 Å². The normalized spacial score (nSPS) is 12.1. The molecular weight excluding hydrogens is 1310 g/mol. The number of carbonyl (C=O) groups excluding carboxylic acids is 7. The van der Waals surface area contributed by atoms with Crippen molar-refractivity contribution < 1.29 is 80.6 Å². The molecule has 23 heteroatoms. The number of thiazole rings is 1. The SMILES string of the molecule is C/C(F)=C/C(=O)C(C)(C)C.C/C=C/C(=O)C(C)(C)C.C=C(C#N)C(O)C(C)(C)C.C=C(C(=O)OCC)C(O)C(C)(C)C.C=C(COC(C)C)C(=O)OCC.CC(C)(C)NC(=O)c1csc(F)n1.CC(C)(C)c1cnc(F)nc1.CC(C)=CC(=O)C(C)(C)C.COC(=O)/C=C/COC(C)(C)C. The average Bonchev–Trinajstić information content (AvgIpc) is 1.28. The van der Waals surface area contributed by atoms with Gasteiger partial charge in [-0.1, -0.05) is 173 Å². The monoisotopic (exact) mass is 1440 g/mol. The highest BCUT2D eigenvalue weighted by Crippen LogP contribution is 2.26. The second-order valence-electron chi connectivity index (χ2n) is 30.9. The molecule has 0 aliphatic heterocycles. The number of aliphatic hydroxyl groups excluding tert-OH is 2. The topological polar surface area (TPSA) is 281 Å². The molecule has 572 valence electrons. The van der Waals surface area contributed by atoms with Crippen LogP contribution in [0.4, 0.5) is 13.2 Å². The molecule has 2 aromatic heterocycles. The molecule has 19 nitrogen and oxygen atoms in total. The summed E-state index contributed by atoms with van der Waals surface area (Å²) in [6, 6.07) is 1.83. The minimum absolute atomic E-state index is 0.00625. The summed E-state index contributed by atoms with van der Waals surface area (Å²) in [7, 11) is 1.34. The Hall–Kier alpha value is -7.10. The van der Waals surface area contributed by atoms with Crippen molar-refractivity contribution in [2.24, 2.45) is 27.1 Å². The number of allylic oxidation sites excluding steroid dienone is 6. The zero-order valence-corrected chi connectivity index (χ0v) is 67.8. The Bertz CT molecular complexity index is 2920. The van der Waals surface area contributed by atoms with Crippen LogP contribution in [0.3, 0.4) is 0 Å². The van der Waals surface area contributed by atoms with Crippen LogP contribution < -0.4 is 5.32 Å². The Morgan fingerprint density at radius 3 is 1.38 bits per heavy atom. The number of rotatable bonds is 16. The number of aromatic nitrogens is 3. The molecule has 0 spiro atoms. The molecule has 0 bridgehead atoms. The first-order valence-corrected chi connectivity index (χ1v) is 33.5. The van der Waals surface area contributed by atoms with Crippen LogP contribution in [0, 0.1) is 49.7 Å². The Labute approximate surface area is 603 Å². The first-order chi connectivity index (χ1) is 44.8. The minimum atomic E-state index is -0.855. The minimum Gasteiger partial charge on any atom is -0.466 e. The number of hydrogen-bond acceptors (Lipinski definition) is 19. The molecule has 2 unspecified atom stereocenters. The number of halogens is 3. The number of carbonyl (C=O) groups is 7. The summed E-state index contributed by atoms with van der Waals surface area (Å²) in [6.45, 7) is 71.5. The van der Waals surface area contributed by atoms with Gasteiger partial charge >= 0.3 is 24.0 Å². The Kier molecular flexibility index (Phi) is 54.3. The molecule has 0 aliphatic carbocycles. The largest absolute Gasteiger partial charge is 0.466 e. The number of amides is 1. The number of ether oxygens (including phenoxy) is 5. The molecule has 100 heavy (non-hydrogen) atoms. The van der Waals surface area contributed by atoms with Gasteiger partial charge in [0.05, 0.1) is 80.2 Å². The lowest BCUT2D eigenvalue weighted by Gasteiger charge is -2.26. The Balaban J connectivity index is -0.000000195. The number of esters is 3. The molecule has 2 atom stereocenters. The summed E-state index contributed by atoms with van der Waals surface area (Å²) in [5.74, 6) is -1.81. The van der Waals surface area contributed by atoms with Crippen LogP contribution in [0.25, 0.3) is 0 Å². The maximum atomic E-state index is 12.4. The molecule has 1 amide bonds. The fraction of sp³-hybridized carbons (Fsp3) is 0.623. The number of nitrogens with zero attached hydrogens (tertiary/aromatic N) is 4. The molecular formula is C77H128F3N5O14S. The zero-order chi connectivity index (χ0) is 80.9. The van der Waals surface area contributed by atoms with Crippen molar-refractivity contribution >= 4 is 52.5 Å². The first-order valence-electron chi connectivity index (χ1n) is 32.6. The predicted octanol–water partition coefficient (Wildman–Crippen LogP) is 17.0. The highest BCUT2D eigenvalue weighted by atomic mass is 32.1. The van der Waals surface area contributed by atoms with Crippen molar-refractivity contribution in [1.29, 1.82) is 5.26 Å². The van der Waals surface area contributed by atoms with E-state index in [0.717, 1.165) is 28.5 Å². The maximum Gasteiger partial charge on any atom is 0.336 e. The van der Waals surface area contributed by atoms with Crippen molar-refractivity contribution in [2.75, 3.05) is 33.5 Å². The molecule has 2 heterocycles. The maximum absolute atomic E-state index is 12.4.